The molecule has 0 saturated carbocycles. The lowest BCUT2D eigenvalue weighted by molar-refractivity contribution is 0.0249. The Morgan fingerprint density at radius 2 is 2.05 bits per heavy atom. The van der Waals surface area contributed by atoms with Gasteiger partial charge in [0.2, 0.25) is 0 Å². The Kier molecular flexibility index (Phi) is 8.37. The number of ether oxygens (including phenoxy) is 2. The molecule has 2 unspecified atom stereocenters. The minimum absolute atomic E-state index is 0.166. The number of methoxy groups -OCH3 is 1. The zero-order chi connectivity index (χ0) is 14.8. The Morgan fingerprint density at radius 1 is 1.30 bits per heavy atom. The molecule has 1 rings (SSSR count). The number of hydrogen-bond donors (Lipinski definition) is 2. The van der Waals surface area contributed by atoms with Gasteiger partial charge in [-0.2, -0.15) is 0 Å². The van der Waals surface area contributed by atoms with E-state index in [9.17, 15) is 9.50 Å². The fourth-order valence-electron chi connectivity index (χ4n) is 1.80. The largest absolute Gasteiger partial charge is 0.389 e. The summed E-state index contributed by atoms with van der Waals surface area (Å²) in [4.78, 5) is 0. The van der Waals surface area contributed by atoms with Gasteiger partial charge in [-0.05, 0) is 12.5 Å². The van der Waals surface area contributed by atoms with Gasteiger partial charge >= 0.3 is 0 Å². The molecule has 0 heterocycles. The molecule has 0 radical (unpaired) electrons. The van der Waals surface area contributed by atoms with Crippen LogP contribution in [-0.2, 0) is 16.1 Å². The second kappa shape index (κ2) is 9.83. The molecule has 0 aliphatic carbocycles. The number of halogens is 1. The number of aliphatic hydroxyl groups excluding tert-OH is 1. The van der Waals surface area contributed by atoms with E-state index in [2.05, 4.69) is 12.2 Å². The molecule has 1 aromatic carbocycles. The van der Waals surface area contributed by atoms with E-state index in [4.69, 9.17) is 9.47 Å². The van der Waals surface area contributed by atoms with Crippen LogP contribution in [0, 0.1) is 5.82 Å². The maximum absolute atomic E-state index is 13.3. The van der Waals surface area contributed by atoms with Crippen LogP contribution in [0.25, 0.3) is 0 Å². The van der Waals surface area contributed by atoms with E-state index in [1.165, 1.54) is 6.07 Å². The molecule has 2 N–H and O–H groups in total. The molecule has 114 valence electrons. The van der Waals surface area contributed by atoms with Crippen molar-refractivity contribution in [1.82, 2.24) is 5.32 Å². The minimum Gasteiger partial charge on any atom is -0.389 e. The second-order valence-electron chi connectivity index (χ2n) is 4.73. The van der Waals surface area contributed by atoms with E-state index in [1.54, 1.807) is 25.3 Å². The number of hydrogen-bond acceptors (Lipinski definition) is 4. The number of benzene rings is 1. The topological polar surface area (TPSA) is 50.7 Å². The highest BCUT2D eigenvalue weighted by Gasteiger charge is 2.10. The molecule has 4 nitrogen and oxygen atoms in total. The van der Waals surface area contributed by atoms with Crippen LogP contribution in [0.15, 0.2) is 24.3 Å². The molecular formula is C15H24FNO3. The van der Waals surface area contributed by atoms with Gasteiger partial charge in [0.25, 0.3) is 0 Å². The van der Waals surface area contributed by atoms with Crippen LogP contribution in [0.4, 0.5) is 4.39 Å². The monoisotopic (exact) mass is 285 g/mol. The molecule has 0 bridgehead atoms. The fourth-order valence-corrected chi connectivity index (χ4v) is 1.80. The number of aliphatic hydroxyl groups is 1. The quantitative estimate of drug-likeness (QED) is 0.687. The molecular weight excluding hydrogens is 261 g/mol. The molecule has 0 fully saturated rings. The Bertz CT molecular complexity index is 376. The van der Waals surface area contributed by atoms with Crippen molar-refractivity contribution in [2.24, 2.45) is 0 Å². The first kappa shape index (κ1) is 17.0. The predicted molar refractivity (Wildman–Crippen MR) is 76.0 cm³/mol. The van der Waals surface area contributed by atoms with Crippen LogP contribution in [0.5, 0.6) is 0 Å². The molecule has 2 atom stereocenters. The van der Waals surface area contributed by atoms with Crippen molar-refractivity contribution >= 4 is 0 Å². The van der Waals surface area contributed by atoms with Crippen molar-refractivity contribution in [3.63, 3.8) is 0 Å². The maximum atomic E-state index is 13.3. The van der Waals surface area contributed by atoms with E-state index < -0.39 is 6.10 Å². The summed E-state index contributed by atoms with van der Waals surface area (Å²) >= 11 is 0. The lowest BCUT2D eigenvalue weighted by atomic mass is 10.2. The number of nitrogens with one attached hydrogen (secondary N) is 1. The highest BCUT2D eigenvalue weighted by molar-refractivity contribution is 5.16. The Hall–Kier alpha value is -1.01. The van der Waals surface area contributed by atoms with E-state index in [0.717, 1.165) is 6.42 Å². The van der Waals surface area contributed by atoms with Gasteiger partial charge in [0.05, 0.1) is 25.9 Å². The summed E-state index contributed by atoms with van der Waals surface area (Å²) < 4.78 is 23.7. The van der Waals surface area contributed by atoms with E-state index in [1.807, 2.05) is 0 Å². The Morgan fingerprint density at radius 3 is 2.70 bits per heavy atom. The van der Waals surface area contributed by atoms with Gasteiger partial charge in [-0.1, -0.05) is 25.1 Å². The van der Waals surface area contributed by atoms with Gasteiger partial charge in [-0.15, -0.1) is 0 Å². The van der Waals surface area contributed by atoms with Crippen molar-refractivity contribution in [3.05, 3.63) is 35.6 Å². The second-order valence-corrected chi connectivity index (χ2v) is 4.73. The Balaban J connectivity index is 2.20. The highest BCUT2D eigenvalue weighted by atomic mass is 19.1. The third-order valence-electron chi connectivity index (χ3n) is 3.03. The third kappa shape index (κ3) is 6.43. The molecule has 5 heteroatoms. The van der Waals surface area contributed by atoms with Gasteiger partial charge in [0.1, 0.15) is 5.82 Å². The summed E-state index contributed by atoms with van der Waals surface area (Å²) in [7, 11) is 1.65. The average Bonchev–Trinajstić information content (AvgIpc) is 2.45. The van der Waals surface area contributed by atoms with Crippen molar-refractivity contribution in [3.8, 4) is 0 Å². The first-order valence-electron chi connectivity index (χ1n) is 6.88. The summed E-state index contributed by atoms with van der Waals surface area (Å²) in [6, 6.07) is 6.69. The Labute approximate surface area is 119 Å². The summed E-state index contributed by atoms with van der Waals surface area (Å²) in [6.45, 7) is 3.43. The molecule has 1 aromatic rings. The van der Waals surface area contributed by atoms with Crippen molar-refractivity contribution < 1.29 is 19.0 Å². The van der Waals surface area contributed by atoms with Gasteiger partial charge < -0.3 is 19.9 Å². The molecule has 0 amide bonds. The summed E-state index contributed by atoms with van der Waals surface area (Å²) in [5.41, 5.74) is 0.499. The molecule has 20 heavy (non-hydrogen) atoms. The summed E-state index contributed by atoms with van der Waals surface area (Å²) in [6.07, 6.45) is 0.309. The lowest BCUT2D eigenvalue weighted by Gasteiger charge is -2.18. The summed E-state index contributed by atoms with van der Waals surface area (Å²) in [5, 5.41) is 13.0. The van der Waals surface area contributed by atoms with Gasteiger partial charge in [-0.25, -0.2) is 4.39 Å². The lowest BCUT2D eigenvalue weighted by Crippen LogP contribution is -2.39. The first-order valence-corrected chi connectivity index (χ1v) is 6.88. The average molecular weight is 285 g/mol. The highest BCUT2D eigenvalue weighted by Crippen LogP contribution is 2.07. The molecule has 0 aromatic heterocycles. The van der Waals surface area contributed by atoms with Crippen LogP contribution in [0.2, 0.25) is 0 Å². The van der Waals surface area contributed by atoms with Crippen LogP contribution >= 0.6 is 0 Å². The molecule has 0 aliphatic rings. The molecule has 0 spiro atoms. The SMILES string of the molecule is CCC(COC)NCC(O)COCc1ccccc1F. The predicted octanol–water partition coefficient (Wildman–Crippen LogP) is 1.72. The molecule has 0 aliphatic heterocycles. The van der Waals surface area contributed by atoms with E-state index in [-0.39, 0.29) is 25.1 Å². The van der Waals surface area contributed by atoms with Crippen LogP contribution in [0.1, 0.15) is 18.9 Å². The van der Waals surface area contributed by atoms with Gasteiger partial charge in [-0.3, -0.25) is 0 Å². The molecule has 0 saturated heterocycles. The third-order valence-corrected chi connectivity index (χ3v) is 3.03. The van der Waals surface area contributed by atoms with Crippen LogP contribution in [-0.4, -0.2) is 44.1 Å². The zero-order valence-electron chi connectivity index (χ0n) is 12.1. The van der Waals surface area contributed by atoms with Gasteiger partial charge in [0, 0.05) is 25.3 Å². The smallest absolute Gasteiger partial charge is 0.128 e. The van der Waals surface area contributed by atoms with E-state index in [0.29, 0.717) is 18.7 Å². The maximum Gasteiger partial charge on any atom is 0.128 e. The van der Waals surface area contributed by atoms with Crippen LogP contribution < -0.4 is 5.32 Å². The van der Waals surface area contributed by atoms with Crippen molar-refractivity contribution in [1.29, 1.82) is 0 Å². The summed E-state index contributed by atoms with van der Waals surface area (Å²) in [5.74, 6) is -0.286. The fraction of sp³-hybridized carbons (Fsp3) is 0.600. The van der Waals surface area contributed by atoms with Crippen LogP contribution in [0.3, 0.4) is 0 Å². The minimum atomic E-state index is -0.618. The number of rotatable bonds is 10. The van der Waals surface area contributed by atoms with E-state index >= 15 is 0 Å². The van der Waals surface area contributed by atoms with Gasteiger partial charge in [0.15, 0.2) is 0 Å². The normalized spacial score (nSPS) is 14.2. The standard InChI is InChI=1S/C15H24FNO3/c1-3-13(10-19-2)17-8-14(18)11-20-9-12-6-4-5-7-15(12)16/h4-7,13-14,17-18H,3,8-11H2,1-2H3. The first-order chi connectivity index (χ1) is 9.67. The van der Waals surface area contributed by atoms with Crippen molar-refractivity contribution in [2.45, 2.75) is 32.1 Å². The zero-order valence-corrected chi connectivity index (χ0v) is 12.1. The van der Waals surface area contributed by atoms with Crippen molar-refractivity contribution in [2.75, 3.05) is 26.9 Å².